The number of hydrogen-bond donors (Lipinski definition) is 2. The summed E-state index contributed by atoms with van der Waals surface area (Å²) < 4.78 is 41.3. The number of sulfonamides is 1. The summed E-state index contributed by atoms with van der Waals surface area (Å²) in [5, 5.41) is 10.9. The molecule has 4 rings (SSSR count). The lowest BCUT2D eigenvalue weighted by atomic mass is 9.86. The van der Waals surface area contributed by atoms with Gasteiger partial charge in [-0.05, 0) is 112 Å². The third-order valence-corrected chi connectivity index (χ3v) is 9.01. The van der Waals surface area contributed by atoms with Gasteiger partial charge in [0.2, 0.25) is 0 Å². The van der Waals surface area contributed by atoms with Crippen LogP contribution >= 0.6 is 23.2 Å². The summed E-state index contributed by atoms with van der Waals surface area (Å²) in [6.07, 6.45) is 2.35. The van der Waals surface area contributed by atoms with Crippen LogP contribution in [0, 0.1) is 13.8 Å². The number of carboxylic acids is 1. The van der Waals surface area contributed by atoms with E-state index in [2.05, 4.69) is 4.72 Å². The van der Waals surface area contributed by atoms with Crippen LogP contribution in [0.4, 0.5) is 5.69 Å². The first-order valence-corrected chi connectivity index (χ1v) is 15.0. The molecule has 1 atom stereocenters. The average molecular weight is 595 g/mol. The van der Waals surface area contributed by atoms with Crippen molar-refractivity contribution in [3.05, 3.63) is 67.6 Å². The highest BCUT2D eigenvalue weighted by Crippen LogP contribution is 2.43. The molecule has 0 saturated carbocycles. The number of fused-ring (bicyclic) bond motifs is 1. The topological polar surface area (TPSA) is 102 Å². The first kappa shape index (κ1) is 29.5. The van der Waals surface area contributed by atoms with E-state index in [1.807, 2.05) is 25.1 Å². The summed E-state index contributed by atoms with van der Waals surface area (Å²) in [7, 11) is -4.05. The maximum absolute atomic E-state index is 13.4. The molecule has 2 aliphatic rings. The molecule has 0 bridgehead atoms. The quantitative estimate of drug-likeness (QED) is 0.348. The van der Waals surface area contributed by atoms with Crippen LogP contribution in [0.25, 0.3) is 11.1 Å². The molecule has 0 spiro atoms. The normalized spacial score (nSPS) is 16.7. The molecule has 39 heavy (non-hydrogen) atoms. The Hall–Kier alpha value is -2.52. The van der Waals surface area contributed by atoms with E-state index < -0.39 is 27.7 Å². The molecule has 0 radical (unpaired) electrons. The molecule has 10 heteroatoms. The fourth-order valence-corrected chi connectivity index (χ4v) is 7.07. The second-order valence-corrected chi connectivity index (χ2v) is 13.4. The van der Waals surface area contributed by atoms with Gasteiger partial charge in [-0.1, -0.05) is 29.3 Å². The van der Waals surface area contributed by atoms with Crippen molar-refractivity contribution in [2.24, 2.45) is 0 Å². The number of aliphatic carboxylic acids is 1. The van der Waals surface area contributed by atoms with Gasteiger partial charge in [-0.3, -0.25) is 4.72 Å². The average Bonchev–Trinajstić information content (AvgIpc) is 2.83. The molecule has 2 N–H and O–H groups in total. The van der Waals surface area contributed by atoms with Crippen LogP contribution < -0.4 is 9.46 Å². The molecule has 210 valence electrons. The van der Waals surface area contributed by atoms with E-state index in [1.165, 1.54) is 6.08 Å². The first-order valence-electron chi connectivity index (χ1n) is 12.8. The fourth-order valence-electron chi connectivity index (χ4n) is 4.97. The van der Waals surface area contributed by atoms with Crippen molar-refractivity contribution in [1.29, 1.82) is 0 Å². The molecule has 1 unspecified atom stereocenters. The zero-order chi connectivity index (χ0) is 28.7. The van der Waals surface area contributed by atoms with E-state index in [-0.39, 0.29) is 22.0 Å². The number of allylic oxidation sites excluding steroid dienone is 4. The van der Waals surface area contributed by atoms with Crippen molar-refractivity contribution in [3.63, 3.8) is 0 Å². The molecule has 2 aromatic rings. The highest BCUT2D eigenvalue weighted by Gasteiger charge is 2.34. The summed E-state index contributed by atoms with van der Waals surface area (Å²) in [6, 6.07) is 7.54. The van der Waals surface area contributed by atoms with Gasteiger partial charge in [0.15, 0.2) is 6.10 Å². The molecule has 0 fully saturated rings. The number of hydrogen-bond acceptors (Lipinski definition) is 5. The fraction of sp³-hybridized carbons (Fsp3) is 0.414. The minimum absolute atomic E-state index is 0.0339. The van der Waals surface area contributed by atoms with Crippen molar-refractivity contribution >= 4 is 44.9 Å². The maximum Gasteiger partial charge on any atom is 0.337 e. The van der Waals surface area contributed by atoms with Gasteiger partial charge in [0.1, 0.15) is 5.75 Å². The highest BCUT2D eigenvalue weighted by molar-refractivity contribution is 7.96. The van der Waals surface area contributed by atoms with Crippen LogP contribution in [0.15, 0.2) is 45.3 Å². The van der Waals surface area contributed by atoms with Gasteiger partial charge in [-0.15, -0.1) is 0 Å². The zero-order valence-corrected chi connectivity index (χ0v) is 25.0. The minimum Gasteiger partial charge on any atom is -0.493 e. The number of carboxylic acid groups (broad SMARTS) is 1. The van der Waals surface area contributed by atoms with Crippen LogP contribution in [0.1, 0.15) is 68.4 Å². The number of carbonyl (C=O) groups is 1. The van der Waals surface area contributed by atoms with E-state index in [4.69, 9.17) is 32.7 Å². The number of aryl methyl sites for hydroxylation is 2. The van der Waals surface area contributed by atoms with E-state index in [0.29, 0.717) is 40.3 Å². The summed E-state index contributed by atoms with van der Waals surface area (Å²) in [5.74, 6) is -0.356. The van der Waals surface area contributed by atoms with E-state index in [1.54, 1.807) is 33.8 Å². The molecule has 2 aromatic carbocycles. The van der Waals surface area contributed by atoms with Crippen LogP contribution in [-0.4, -0.2) is 31.7 Å². The number of anilines is 1. The lowest BCUT2D eigenvalue weighted by Crippen LogP contribution is -2.29. The highest BCUT2D eigenvalue weighted by atomic mass is 35.5. The van der Waals surface area contributed by atoms with E-state index in [0.717, 1.165) is 29.7 Å². The number of nitrogens with one attached hydrogen (secondary N) is 1. The van der Waals surface area contributed by atoms with Gasteiger partial charge in [0, 0.05) is 10.6 Å². The summed E-state index contributed by atoms with van der Waals surface area (Å²) in [5.41, 5.74) is 3.54. The van der Waals surface area contributed by atoms with Crippen LogP contribution in [0.2, 0.25) is 0 Å². The Bertz CT molecular complexity index is 1490. The Morgan fingerprint density at radius 1 is 1.13 bits per heavy atom. The molecule has 1 aliphatic heterocycles. The SMILES string of the molecule is Cc1cc(NS(=O)(=O)C2=C(Cl)C=C(Cl)CC2)c(C)c(C(OC(C)(C)C)C(=O)O)c1-c1ccc2c(c1)CCCO2. The summed E-state index contributed by atoms with van der Waals surface area (Å²) in [6.45, 7) is 9.54. The second-order valence-electron chi connectivity index (χ2n) is 10.8. The third kappa shape index (κ3) is 6.46. The van der Waals surface area contributed by atoms with E-state index >= 15 is 0 Å². The predicted molar refractivity (Wildman–Crippen MR) is 155 cm³/mol. The standard InChI is InChI=1S/C29H33Cl2NO6S/c1-16-13-22(32-39(35,36)24-11-9-20(30)15-21(24)31)17(2)26(27(28(33)34)38-29(3,4)5)25(16)19-8-10-23-18(14-19)7-6-12-37-23/h8,10,13-15,27,32H,6-7,9,11-12H2,1-5H3,(H,33,34). The maximum atomic E-state index is 13.4. The smallest absolute Gasteiger partial charge is 0.337 e. The van der Waals surface area contributed by atoms with Gasteiger partial charge in [0.25, 0.3) is 10.0 Å². The molecular formula is C29H33Cl2NO6S. The monoisotopic (exact) mass is 593 g/mol. The molecule has 0 amide bonds. The van der Waals surface area contributed by atoms with Gasteiger partial charge < -0.3 is 14.6 Å². The van der Waals surface area contributed by atoms with Gasteiger partial charge >= 0.3 is 5.97 Å². The van der Waals surface area contributed by atoms with Crippen molar-refractivity contribution in [2.75, 3.05) is 11.3 Å². The number of halogens is 2. The van der Waals surface area contributed by atoms with Gasteiger partial charge in [-0.25, -0.2) is 13.2 Å². The lowest BCUT2D eigenvalue weighted by molar-refractivity contribution is -0.160. The van der Waals surface area contributed by atoms with Crippen molar-refractivity contribution in [2.45, 2.75) is 72.0 Å². The Morgan fingerprint density at radius 2 is 1.85 bits per heavy atom. The Kier molecular flexibility index (Phi) is 8.43. The van der Waals surface area contributed by atoms with Crippen LogP contribution in [-0.2, 0) is 26.0 Å². The Labute approximate surface area is 239 Å². The Morgan fingerprint density at radius 3 is 2.49 bits per heavy atom. The van der Waals surface area contributed by atoms with Crippen LogP contribution in [0.3, 0.4) is 0 Å². The zero-order valence-electron chi connectivity index (χ0n) is 22.7. The molecule has 1 aliphatic carbocycles. The van der Waals surface area contributed by atoms with Gasteiger partial charge in [-0.2, -0.15) is 0 Å². The largest absolute Gasteiger partial charge is 0.493 e. The summed E-state index contributed by atoms with van der Waals surface area (Å²) >= 11 is 12.3. The third-order valence-electron chi connectivity index (χ3n) is 6.70. The van der Waals surface area contributed by atoms with Crippen LogP contribution in [0.5, 0.6) is 5.75 Å². The first-order chi connectivity index (χ1) is 18.2. The number of ether oxygens (including phenoxy) is 2. The number of rotatable bonds is 7. The molecule has 7 nitrogen and oxygen atoms in total. The van der Waals surface area contributed by atoms with Gasteiger partial charge in [0.05, 0.1) is 27.8 Å². The minimum atomic E-state index is -4.05. The predicted octanol–water partition coefficient (Wildman–Crippen LogP) is 7.34. The lowest BCUT2D eigenvalue weighted by Gasteiger charge is -2.30. The molecule has 0 aromatic heterocycles. The summed E-state index contributed by atoms with van der Waals surface area (Å²) in [4.78, 5) is 12.7. The van der Waals surface area contributed by atoms with Crippen molar-refractivity contribution in [3.8, 4) is 16.9 Å². The van der Waals surface area contributed by atoms with Crippen molar-refractivity contribution < 1.29 is 27.8 Å². The van der Waals surface area contributed by atoms with Crippen molar-refractivity contribution in [1.82, 2.24) is 0 Å². The number of benzene rings is 2. The molecular weight excluding hydrogens is 561 g/mol. The Balaban J connectivity index is 1.92. The van der Waals surface area contributed by atoms with E-state index in [9.17, 15) is 18.3 Å². The molecule has 1 heterocycles. The molecule has 0 saturated heterocycles. The second kappa shape index (κ2) is 11.2.